The first-order valence-corrected chi connectivity index (χ1v) is 11.2. The summed E-state index contributed by atoms with van der Waals surface area (Å²) >= 11 is 6.10. The van der Waals surface area contributed by atoms with Crippen LogP contribution in [-0.4, -0.2) is 73.6 Å². The van der Waals surface area contributed by atoms with E-state index in [9.17, 15) is 9.59 Å². The molecule has 31 heavy (non-hydrogen) atoms. The largest absolute Gasteiger partial charge is 0.472 e. The second-order valence-corrected chi connectivity index (χ2v) is 8.43. The molecular formula is C23H28ClN3O4. The minimum atomic E-state index is -0.122. The summed E-state index contributed by atoms with van der Waals surface area (Å²) in [6.45, 7) is 4.45. The van der Waals surface area contributed by atoms with Crippen molar-refractivity contribution in [3.05, 3.63) is 53.4 Å². The van der Waals surface area contributed by atoms with E-state index in [1.165, 1.54) is 12.5 Å². The highest BCUT2D eigenvalue weighted by molar-refractivity contribution is 6.30. The van der Waals surface area contributed by atoms with E-state index >= 15 is 0 Å². The average Bonchev–Trinajstić information content (AvgIpc) is 3.50. The van der Waals surface area contributed by atoms with Crippen LogP contribution in [-0.2, 0) is 9.53 Å². The van der Waals surface area contributed by atoms with Gasteiger partial charge in [-0.1, -0.05) is 17.7 Å². The van der Waals surface area contributed by atoms with Gasteiger partial charge in [-0.05, 0) is 37.1 Å². The van der Waals surface area contributed by atoms with Crippen molar-refractivity contribution in [3.63, 3.8) is 0 Å². The molecule has 0 spiro atoms. The molecule has 0 saturated carbocycles. The number of furan rings is 1. The number of ether oxygens (including phenoxy) is 1. The molecule has 1 unspecified atom stereocenters. The molecule has 2 amide bonds. The molecular weight excluding hydrogens is 418 g/mol. The molecule has 2 aliphatic heterocycles. The van der Waals surface area contributed by atoms with E-state index in [0.717, 1.165) is 38.2 Å². The minimum absolute atomic E-state index is 0.0344. The zero-order valence-corrected chi connectivity index (χ0v) is 18.3. The predicted octanol–water partition coefficient (Wildman–Crippen LogP) is 3.29. The van der Waals surface area contributed by atoms with Crippen LogP contribution in [0.4, 0.5) is 5.69 Å². The van der Waals surface area contributed by atoms with Crippen LogP contribution in [0, 0.1) is 0 Å². The van der Waals surface area contributed by atoms with Crippen molar-refractivity contribution in [2.75, 3.05) is 50.8 Å². The minimum Gasteiger partial charge on any atom is -0.472 e. The van der Waals surface area contributed by atoms with Crippen LogP contribution in [0.3, 0.4) is 0 Å². The molecule has 1 aromatic carbocycles. The number of hydrogen-bond donors (Lipinski definition) is 0. The van der Waals surface area contributed by atoms with Gasteiger partial charge < -0.3 is 23.9 Å². The van der Waals surface area contributed by atoms with E-state index < -0.39 is 0 Å². The van der Waals surface area contributed by atoms with E-state index in [-0.39, 0.29) is 17.9 Å². The normalized spacial score (nSPS) is 18.9. The number of hydrogen-bond acceptors (Lipinski definition) is 5. The SMILES string of the molecule is O=C(CCN(CC1CCCO1)C(=O)c1ccoc1)N1CCN(c2cccc(Cl)c2)CC1. The lowest BCUT2D eigenvalue weighted by molar-refractivity contribution is -0.131. The monoisotopic (exact) mass is 445 g/mol. The van der Waals surface area contributed by atoms with E-state index in [4.69, 9.17) is 20.8 Å². The Balaban J connectivity index is 1.30. The molecule has 0 bridgehead atoms. The smallest absolute Gasteiger partial charge is 0.257 e. The number of carbonyl (C=O) groups is 2. The van der Waals surface area contributed by atoms with Gasteiger partial charge in [-0.2, -0.15) is 0 Å². The maximum Gasteiger partial charge on any atom is 0.257 e. The zero-order chi connectivity index (χ0) is 21.6. The first-order chi connectivity index (χ1) is 15.1. The number of nitrogens with zero attached hydrogens (tertiary/aromatic N) is 3. The topological polar surface area (TPSA) is 66.2 Å². The van der Waals surface area contributed by atoms with Crippen molar-refractivity contribution in [3.8, 4) is 0 Å². The molecule has 0 aliphatic carbocycles. The third-order valence-corrected chi connectivity index (χ3v) is 6.14. The maximum absolute atomic E-state index is 12.9. The lowest BCUT2D eigenvalue weighted by Crippen LogP contribution is -2.49. The number of halogens is 1. The van der Waals surface area contributed by atoms with Gasteiger partial charge in [0.05, 0.1) is 17.9 Å². The van der Waals surface area contributed by atoms with Gasteiger partial charge in [-0.25, -0.2) is 0 Å². The lowest BCUT2D eigenvalue weighted by Gasteiger charge is -2.36. The Morgan fingerprint density at radius 1 is 1.16 bits per heavy atom. The predicted molar refractivity (Wildman–Crippen MR) is 118 cm³/mol. The van der Waals surface area contributed by atoms with E-state index in [1.807, 2.05) is 29.2 Å². The van der Waals surface area contributed by atoms with Gasteiger partial charge in [0.2, 0.25) is 5.91 Å². The summed E-state index contributed by atoms with van der Waals surface area (Å²) in [5.74, 6) is -0.0501. The fourth-order valence-corrected chi connectivity index (χ4v) is 4.34. The lowest BCUT2D eigenvalue weighted by atomic mass is 10.2. The van der Waals surface area contributed by atoms with Crippen LogP contribution in [0.2, 0.25) is 5.02 Å². The van der Waals surface area contributed by atoms with E-state index in [1.54, 1.807) is 11.0 Å². The second kappa shape index (κ2) is 10.2. The maximum atomic E-state index is 12.9. The summed E-state index contributed by atoms with van der Waals surface area (Å²) in [6, 6.07) is 9.44. The molecule has 7 nitrogen and oxygen atoms in total. The standard InChI is InChI=1S/C23H28ClN3O4/c24-19-3-1-4-20(15-19)25-9-11-26(12-10-25)22(28)6-8-27(16-21-5-2-13-31-21)23(29)18-7-14-30-17-18/h1,3-4,7,14-15,17,21H,2,5-6,8-13,16H2. The fraction of sp³-hybridized carbons (Fsp3) is 0.478. The van der Waals surface area contributed by atoms with E-state index in [2.05, 4.69) is 4.90 Å². The fourth-order valence-electron chi connectivity index (χ4n) is 4.15. The Morgan fingerprint density at radius 2 is 2.00 bits per heavy atom. The van der Waals surface area contributed by atoms with Gasteiger partial charge in [0.15, 0.2) is 0 Å². The molecule has 2 aromatic rings. The number of anilines is 1. The zero-order valence-electron chi connectivity index (χ0n) is 17.5. The number of piperazine rings is 1. The van der Waals surface area contributed by atoms with Gasteiger partial charge in [0.25, 0.3) is 5.91 Å². The Bertz CT molecular complexity index is 875. The molecule has 2 saturated heterocycles. The average molecular weight is 446 g/mol. The Labute approximate surface area is 187 Å². The first-order valence-electron chi connectivity index (χ1n) is 10.8. The summed E-state index contributed by atoms with van der Waals surface area (Å²) < 4.78 is 10.8. The van der Waals surface area contributed by atoms with Crippen molar-refractivity contribution in [1.29, 1.82) is 0 Å². The van der Waals surface area contributed by atoms with Crippen LogP contribution in [0.15, 0.2) is 47.3 Å². The van der Waals surface area contributed by atoms with Gasteiger partial charge in [-0.3, -0.25) is 9.59 Å². The summed E-state index contributed by atoms with van der Waals surface area (Å²) in [6.07, 6.45) is 5.22. The first kappa shape index (κ1) is 21.7. The van der Waals surface area contributed by atoms with Crippen LogP contribution in [0.1, 0.15) is 29.6 Å². The molecule has 2 aliphatic rings. The molecule has 8 heteroatoms. The molecule has 166 valence electrons. The Hall–Kier alpha value is -2.51. The van der Waals surface area contributed by atoms with Crippen molar-refractivity contribution in [1.82, 2.24) is 9.80 Å². The van der Waals surface area contributed by atoms with Crippen molar-refractivity contribution in [2.24, 2.45) is 0 Å². The van der Waals surface area contributed by atoms with Gasteiger partial charge in [-0.15, -0.1) is 0 Å². The molecule has 0 radical (unpaired) electrons. The van der Waals surface area contributed by atoms with Crippen molar-refractivity contribution >= 4 is 29.1 Å². The molecule has 1 atom stereocenters. The second-order valence-electron chi connectivity index (χ2n) is 8.00. The molecule has 4 rings (SSSR count). The Morgan fingerprint density at radius 3 is 2.68 bits per heavy atom. The summed E-state index contributed by atoms with van der Waals surface area (Å²) in [5, 5.41) is 0.713. The third kappa shape index (κ3) is 5.60. The van der Waals surface area contributed by atoms with Crippen molar-refractivity contribution < 1.29 is 18.7 Å². The van der Waals surface area contributed by atoms with Crippen LogP contribution in [0.5, 0.6) is 0 Å². The van der Waals surface area contributed by atoms with Crippen LogP contribution < -0.4 is 4.90 Å². The highest BCUT2D eigenvalue weighted by Crippen LogP contribution is 2.21. The number of rotatable bonds is 7. The quantitative estimate of drug-likeness (QED) is 0.654. The van der Waals surface area contributed by atoms with Gasteiger partial charge in [0.1, 0.15) is 6.26 Å². The van der Waals surface area contributed by atoms with Crippen LogP contribution in [0.25, 0.3) is 0 Å². The highest BCUT2D eigenvalue weighted by Gasteiger charge is 2.26. The Kier molecular flexibility index (Phi) is 7.14. The highest BCUT2D eigenvalue weighted by atomic mass is 35.5. The van der Waals surface area contributed by atoms with Gasteiger partial charge >= 0.3 is 0 Å². The van der Waals surface area contributed by atoms with Crippen LogP contribution >= 0.6 is 11.6 Å². The number of carbonyl (C=O) groups excluding carboxylic acids is 2. The summed E-state index contributed by atoms with van der Waals surface area (Å²) in [5.41, 5.74) is 1.58. The third-order valence-electron chi connectivity index (χ3n) is 5.90. The molecule has 0 N–H and O–H groups in total. The summed E-state index contributed by atoms with van der Waals surface area (Å²) in [4.78, 5) is 31.6. The van der Waals surface area contributed by atoms with E-state index in [0.29, 0.717) is 43.2 Å². The molecule has 1 aromatic heterocycles. The van der Waals surface area contributed by atoms with Crippen molar-refractivity contribution in [2.45, 2.75) is 25.4 Å². The van der Waals surface area contributed by atoms with Gasteiger partial charge in [0, 0.05) is 63.0 Å². The number of benzene rings is 1. The number of amides is 2. The molecule has 3 heterocycles. The summed E-state index contributed by atoms with van der Waals surface area (Å²) in [7, 11) is 0. The molecule has 2 fully saturated rings.